The number of thiophene rings is 1. The Morgan fingerprint density at radius 3 is 2.15 bits per heavy atom. The molecule has 0 unspecified atom stereocenters. The summed E-state index contributed by atoms with van der Waals surface area (Å²) in [4.78, 5) is 15.5. The standard InChI is InChI=1S/C28H45NO10S/c1-2-38-28-24(3-8-32-12-15-35-11-7-30)25(23-4-20-40-22-23)21-26(39-28)27(31)29-5-9-33-13-16-36-18-19-37-17-14-34-10-6-29/h4,20-22,24-25,28,30H,2-3,5-19H2,1H3/t24-,25+,28+/m0/s1. The van der Waals surface area contributed by atoms with Gasteiger partial charge in [0.1, 0.15) is 0 Å². The van der Waals surface area contributed by atoms with Gasteiger partial charge in [-0.3, -0.25) is 4.79 Å². The Bertz CT molecular complexity index is 808. The third kappa shape index (κ3) is 11.7. The second-order valence-electron chi connectivity index (χ2n) is 9.20. The van der Waals surface area contributed by atoms with Crippen LogP contribution in [0, 0.1) is 5.92 Å². The van der Waals surface area contributed by atoms with E-state index in [1.807, 2.05) is 18.4 Å². The van der Waals surface area contributed by atoms with Crippen LogP contribution in [0.4, 0.5) is 0 Å². The van der Waals surface area contributed by atoms with Crippen LogP contribution >= 0.6 is 11.3 Å². The molecule has 11 nitrogen and oxygen atoms in total. The number of carbonyl (C=O) groups is 1. The van der Waals surface area contributed by atoms with Crippen LogP contribution in [0.2, 0.25) is 0 Å². The molecule has 0 spiro atoms. The zero-order valence-corrected chi connectivity index (χ0v) is 24.4. The van der Waals surface area contributed by atoms with Gasteiger partial charge in [-0.05, 0) is 41.8 Å². The highest BCUT2D eigenvalue weighted by Gasteiger charge is 2.39. The van der Waals surface area contributed by atoms with E-state index < -0.39 is 6.29 Å². The molecular formula is C28H45NO10S. The summed E-state index contributed by atoms with van der Waals surface area (Å²) in [6, 6.07) is 2.08. The minimum absolute atomic E-state index is 0.00738. The molecule has 0 saturated carbocycles. The number of carbonyl (C=O) groups excluding carboxylic acids is 1. The maximum atomic E-state index is 13.8. The van der Waals surface area contributed by atoms with Crippen LogP contribution in [0.15, 0.2) is 28.7 Å². The van der Waals surface area contributed by atoms with Gasteiger partial charge in [-0.2, -0.15) is 11.3 Å². The fraction of sp³-hybridized carbons (Fsp3) is 0.750. The molecule has 3 atom stereocenters. The van der Waals surface area contributed by atoms with Crippen LogP contribution in [0.5, 0.6) is 0 Å². The van der Waals surface area contributed by atoms with Crippen molar-refractivity contribution in [2.24, 2.45) is 5.92 Å². The summed E-state index contributed by atoms with van der Waals surface area (Å²) >= 11 is 1.62. The number of ether oxygens (including phenoxy) is 8. The Labute approximate surface area is 241 Å². The maximum Gasteiger partial charge on any atom is 0.288 e. The van der Waals surface area contributed by atoms with Gasteiger partial charge in [-0.25, -0.2) is 0 Å². The van der Waals surface area contributed by atoms with Crippen LogP contribution in [0.1, 0.15) is 24.8 Å². The molecule has 0 aliphatic carbocycles. The predicted octanol–water partition coefficient (Wildman–Crippen LogP) is 2.05. The Morgan fingerprint density at radius 1 is 0.950 bits per heavy atom. The van der Waals surface area contributed by atoms with E-state index in [2.05, 4.69) is 11.4 Å². The number of aliphatic hydroxyl groups is 1. The first-order valence-electron chi connectivity index (χ1n) is 14.1. The summed E-state index contributed by atoms with van der Waals surface area (Å²) in [7, 11) is 0. The minimum Gasteiger partial charge on any atom is -0.459 e. The Hall–Kier alpha value is -1.61. The SMILES string of the molecule is CCO[C@@H]1OC(C(=O)N2CCOCCOCCOCCOCC2)=C[C@H](c2ccsc2)[C@@H]1CCOCCOCCO. The second kappa shape index (κ2) is 20.3. The van der Waals surface area contributed by atoms with E-state index in [1.54, 1.807) is 16.2 Å². The number of rotatable bonds is 12. The number of hydrogen-bond donors (Lipinski definition) is 1. The Balaban J connectivity index is 1.69. The van der Waals surface area contributed by atoms with Crippen LogP contribution in [-0.2, 0) is 42.7 Å². The third-order valence-corrected chi connectivity index (χ3v) is 7.17. The average molecular weight is 588 g/mol. The molecule has 3 rings (SSSR count). The summed E-state index contributed by atoms with van der Waals surface area (Å²) in [5.41, 5.74) is 1.11. The zero-order chi connectivity index (χ0) is 28.3. The van der Waals surface area contributed by atoms with E-state index in [1.165, 1.54) is 0 Å². The van der Waals surface area contributed by atoms with Crippen molar-refractivity contribution in [3.8, 4) is 0 Å². The number of allylic oxidation sites excluding steroid dienone is 1. The lowest BCUT2D eigenvalue weighted by Crippen LogP contribution is -2.43. The van der Waals surface area contributed by atoms with Gasteiger partial charge in [0.15, 0.2) is 5.76 Å². The first-order valence-corrected chi connectivity index (χ1v) is 15.1. The molecule has 1 amide bonds. The fourth-order valence-corrected chi connectivity index (χ4v) is 5.17. The van der Waals surface area contributed by atoms with Crippen LogP contribution in [0.25, 0.3) is 0 Å². The lowest BCUT2D eigenvalue weighted by molar-refractivity contribution is -0.172. The van der Waals surface area contributed by atoms with Gasteiger partial charge in [-0.1, -0.05) is 0 Å². The molecule has 1 N–H and O–H groups in total. The van der Waals surface area contributed by atoms with Gasteiger partial charge in [0.25, 0.3) is 5.91 Å². The zero-order valence-electron chi connectivity index (χ0n) is 23.5. The molecule has 0 aromatic carbocycles. The molecule has 2 aliphatic rings. The summed E-state index contributed by atoms with van der Waals surface area (Å²) < 4.78 is 45.7. The van der Waals surface area contributed by atoms with Crippen LogP contribution < -0.4 is 0 Å². The fourth-order valence-electron chi connectivity index (χ4n) is 4.46. The Kier molecular flexibility index (Phi) is 16.7. The lowest BCUT2D eigenvalue weighted by atomic mass is 9.82. The summed E-state index contributed by atoms with van der Waals surface area (Å²) in [6.45, 7) is 8.43. The van der Waals surface area contributed by atoms with Crippen molar-refractivity contribution in [2.45, 2.75) is 25.6 Å². The highest BCUT2D eigenvalue weighted by molar-refractivity contribution is 7.08. The molecule has 1 aromatic heterocycles. The van der Waals surface area contributed by atoms with Crippen molar-refractivity contribution < 1.29 is 47.8 Å². The van der Waals surface area contributed by atoms with Crippen molar-refractivity contribution in [3.05, 3.63) is 34.2 Å². The lowest BCUT2D eigenvalue weighted by Gasteiger charge is -2.37. The molecule has 12 heteroatoms. The van der Waals surface area contributed by atoms with E-state index in [0.29, 0.717) is 105 Å². The molecular weight excluding hydrogens is 542 g/mol. The summed E-state index contributed by atoms with van der Waals surface area (Å²) in [5.74, 6) is -0.0625. The second-order valence-corrected chi connectivity index (χ2v) is 9.98. The van der Waals surface area contributed by atoms with Crippen molar-refractivity contribution in [3.63, 3.8) is 0 Å². The number of nitrogens with zero attached hydrogens (tertiary/aromatic N) is 1. The molecule has 0 radical (unpaired) electrons. The van der Waals surface area contributed by atoms with Gasteiger partial charge in [0.05, 0.1) is 79.3 Å². The predicted molar refractivity (Wildman–Crippen MR) is 148 cm³/mol. The molecule has 2 aliphatic heterocycles. The first-order chi connectivity index (χ1) is 19.7. The van der Waals surface area contributed by atoms with Crippen LogP contribution in [-0.4, -0.2) is 128 Å². The molecule has 1 saturated heterocycles. The van der Waals surface area contributed by atoms with Crippen molar-refractivity contribution in [1.82, 2.24) is 4.90 Å². The minimum atomic E-state index is -0.599. The first kappa shape index (κ1) is 32.9. The van der Waals surface area contributed by atoms with Gasteiger partial charge in [-0.15, -0.1) is 0 Å². The average Bonchev–Trinajstić information content (AvgIpc) is 3.50. The number of aliphatic hydroxyl groups excluding tert-OH is 1. The smallest absolute Gasteiger partial charge is 0.288 e. The molecule has 0 bridgehead atoms. The van der Waals surface area contributed by atoms with E-state index >= 15 is 0 Å². The Morgan fingerprint density at radius 2 is 1.57 bits per heavy atom. The largest absolute Gasteiger partial charge is 0.459 e. The normalized spacial score (nSPS) is 24.0. The molecule has 228 valence electrons. The summed E-state index contributed by atoms with van der Waals surface area (Å²) in [6.07, 6.45) is 2.00. The monoisotopic (exact) mass is 587 g/mol. The topological polar surface area (TPSA) is 114 Å². The molecule has 1 aromatic rings. The van der Waals surface area contributed by atoms with Gasteiger partial charge < -0.3 is 47.9 Å². The van der Waals surface area contributed by atoms with Crippen LogP contribution in [0.3, 0.4) is 0 Å². The van der Waals surface area contributed by atoms with E-state index in [9.17, 15) is 4.79 Å². The maximum absolute atomic E-state index is 13.8. The van der Waals surface area contributed by atoms with Gasteiger partial charge in [0, 0.05) is 38.1 Å². The van der Waals surface area contributed by atoms with Crippen molar-refractivity contribution >= 4 is 17.2 Å². The van der Waals surface area contributed by atoms with Crippen molar-refractivity contribution in [1.29, 1.82) is 0 Å². The quantitative estimate of drug-likeness (QED) is 0.365. The third-order valence-electron chi connectivity index (χ3n) is 6.47. The number of hydrogen-bond acceptors (Lipinski definition) is 11. The highest BCUT2D eigenvalue weighted by atomic mass is 32.1. The molecule has 1 fully saturated rings. The highest BCUT2D eigenvalue weighted by Crippen LogP contribution is 2.39. The van der Waals surface area contributed by atoms with E-state index in [-0.39, 0.29) is 30.1 Å². The number of amides is 1. The molecule has 3 heterocycles. The van der Waals surface area contributed by atoms with E-state index in [0.717, 1.165) is 5.56 Å². The van der Waals surface area contributed by atoms with Crippen molar-refractivity contribution in [2.75, 3.05) is 106 Å². The van der Waals surface area contributed by atoms with Gasteiger partial charge >= 0.3 is 0 Å². The van der Waals surface area contributed by atoms with Gasteiger partial charge in [0.2, 0.25) is 6.29 Å². The summed E-state index contributed by atoms with van der Waals surface area (Å²) in [5, 5.41) is 13.0. The van der Waals surface area contributed by atoms with E-state index in [4.69, 9.17) is 43.0 Å². The molecule has 40 heavy (non-hydrogen) atoms.